The summed E-state index contributed by atoms with van der Waals surface area (Å²) in [7, 11) is 3.04. The Kier molecular flexibility index (Phi) is 8.47. The molecule has 216 valence electrons. The van der Waals surface area contributed by atoms with E-state index in [0.29, 0.717) is 17.1 Å². The van der Waals surface area contributed by atoms with Crippen molar-refractivity contribution in [3.05, 3.63) is 77.6 Å². The van der Waals surface area contributed by atoms with Crippen molar-refractivity contribution in [2.45, 2.75) is 42.9 Å². The lowest BCUT2D eigenvalue weighted by atomic mass is 10.0. The van der Waals surface area contributed by atoms with Crippen LogP contribution in [0.2, 0.25) is 0 Å². The maximum absolute atomic E-state index is 13.4. The Hall–Kier alpha value is -4.26. The second-order valence-electron chi connectivity index (χ2n) is 9.53. The fraction of sp³-hybridized carbons (Fsp3) is 0.286. The molecule has 4 rings (SSSR count). The number of methoxy groups -OCH3 is 2. The third-order valence-electron chi connectivity index (χ3n) is 6.45. The predicted molar refractivity (Wildman–Crippen MR) is 146 cm³/mol. The quantitative estimate of drug-likeness (QED) is 0.264. The van der Waals surface area contributed by atoms with E-state index in [1.165, 1.54) is 55.6 Å². The molecule has 1 aromatic heterocycles. The molecule has 1 N–H and O–H groups in total. The van der Waals surface area contributed by atoms with Gasteiger partial charge in [-0.1, -0.05) is 6.07 Å². The van der Waals surface area contributed by atoms with Crippen LogP contribution in [0, 0.1) is 0 Å². The van der Waals surface area contributed by atoms with Gasteiger partial charge in [-0.2, -0.15) is 13.2 Å². The molecule has 4 amide bonds. The maximum atomic E-state index is 13.4. The molecule has 0 bridgehead atoms. The number of halogens is 3. The van der Waals surface area contributed by atoms with Crippen LogP contribution in [0.3, 0.4) is 0 Å². The van der Waals surface area contributed by atoms with Crippen molar-refractivity contribution in [1.29, 1.82) is 0 Å². The summed E-state index contributed by atoms with van der Waals surface area (Å²) in [5.41, 5.74) is -4.09. The SMILES string of the molecule is COc1ccc(CNC(=O)c2cc(CN3C(=O)N(c4ccc(SC(F)(F)F)cc4)C(=O)C3(C)C)ccn2)cc1OC. The molecular formula is C28H27F3N4O5S. The molecule has 0 atom stereocenters. The molecule has 0 spiro atoms. The van der Waals surface area contributed by atoms with Gasteiger partial charge in [-0.05, 0) is 85.3 Å². The van der Waals surface area contributed by atoms with Crippen LogP contribution in [0.4, 0.5) is 23.7 Å². The summed E-state index contributed by atoms with van der Waals surface area (Å²) in [6.45, 7) is 3.36. The minimum Gasteiger partial charge on any atom is -0.493 e. The molecule has 9 nitrogen and oxygen atoms in total. The first-order valence-corrected chi connectivity index (χ1v) is 13.1. The minimum atomic E-state index is -4.46. The zero-order chi connectivity index (χ0) is 29.9. The summed E-state index contributed by atoms with van der Waals surface area (Å²) in [6.07, 6.45) is 1.44. The average molecular weight is 589 g/mol. The van der Waals surface area contributed by atoms with E-state index in [1.54, 1.807) is 38.1 Å². The van der Waals surface area contributed by atoms with E-state index in [2.05, 4.69) is 10.3 Å². The topological polar surface area (TPSA) is 101 Å². The largest absolute Gasteiger partial charge is 0.493 e. The van der Waals surface area contributed by atoms with Gasteiger partial charge in [0.15, 0.2) is 11.5 Å². The third-order valence-corrected chi connectivity index (χ3v) is 7.19. The summed E-state index contributed by atoms with van der Waals surface area (Å²) in [5.74, 6) is 0.117. The number of urea groups is 1. The number of pyridine rings is 1. The van der Waals surface area contributed by atoms with Crippen LogP contribution in [-0.2, 0) is 17.9 Å². The van der Waals surface area contributed by atoms with E-state index >= 15 is 0 Å². The summed E-state index contributed by atoms with van der Waals surface area (Å²) >= 11 is -0.284. The number of rotatable bonds is 9. The standard InChI is InChI=1S/C28H27F3N4O5S/c1-27(2)25(37)35(19-6-8-20(9-7-19)41-28(29,30)31)26(38)34(27)16-18-11-12-32-21(13-18)24(36)33-15-17-5-10-22(39-3)23(14-17)40-4/h5-14H,15-16H2,1-4H3,(H,33,36). The lowest BCUT2D eigenvalue weighted by Crippen LogP contribution is -2.43. The number of aromatic nitrogens is 1. The number of carbonyl (C=O) groups excluding carboxylic acids is 3. The first kappa shape index (κ1) is 29.7. The Labute approximate surface area is 238 Å². The Morgan fingerprint density at radius 1 is 0.976 bits per heavy atom. The molecule has 1 saturated heterocycles. The highest BCUT2D eigenvalue weighted by atomic mass is 32.2. The van der Waals surface area contributed by atoms with Gasteiger partial charge in [0.05, 0.1) is 19.9 Å². The summed E-state index contributed by atoms with van der Waals surface area (Å²) < 4.78 is 48.5. The number of ether oxygens (including phenoxy) is 2. The van der Waals surface area contributed by atoms with Crippen LogP contribution in [0.5, 0.6) is 11.5 Å². The number of anilines is 1. The first-order valence-electron chi connectivity index (χ1n) is 12.3. The van der Waals surface area contributed by atoms with Crippen LogP contribution in [-0.4, -0.2) is 53.0 Å². The fourth-order valence-corrected chi connectivity index (χ4v) is 4.81. The fourth-order valence-electron chi connectivity index (χ4n) is 4.27. The van der Waals surface area contributed by atoms with Crippen LogP contribution >= 0.6 is 11.8 Å². The Morgan fingerprint density at radius 3 is 2.29 bits per heavy atom. The van der Waals surface area contributed by atoms with Gasteiger partial charge in [0.25, 0.3) is 11.8 Å². The van der Waals surface area contributed by atoms with Crippen molar-refractivity contribution in [3.8, 4) is 11.5 Å². The zero-order valence-electron chi connectivity index (χ0n) is 22.6. The van der Waals surface area contributed by atoms with E-state index in [1.807, 2.05) is 0 Å². The smallest absolute Gasteiger partial charge is 0.446 e. The number of alkyl halides is 3. The number of carbonyl (C=O) groups is 3. The Morgan fingerprint density at radius 2 is 1.66 bits per heavy atom. The van der Waals surface area contributed by atoms with Crippen molar-refractivity contribution >= 4 is 35.3 Å². The van der Waals surface area contributed by atoms with E-state index in [0.717, 1.165) is 10.5 Å². The van der Waals surface area contributed by atoms with Crippen LogP contribution < -0.4 is 19.7 Å². The summed E-state index contributed by atoms with van der Waals surface area (Å²) in [6, 6.07) is 12.8. The summed E-state index contributed by atoms with van der Waals surface area (Å²) in [4.78, 5) is 45.8. The van der Waals surface area contributed by atoms with Gasteiger partial charge in [0.1, 0.15) is 11.2 Å². The van der Waals surface area contributed by atoms with Crippen molar-refractivity contribution in [1.82, 2.24) is 15.2 Å². The number of thioether (sulfide) groups is 1. The second-order valence-corrected chi connectivity index (χ2v) is 10.7. The van der Waals surface area contributed by atoms with Gasteiger partial charge in [-0.3, -0.25) is 14.6 Å². The van der Waals surface area contributed by atoms with Gasteiger partial charge in [-0.25, -0.2) is 9.69 Å². The van der Waals surface area contributed by atoms with E-state index in [9.17, 15) is 27.6 Å². The summed E-state index contributed by atoms with van der Waals surface area (Å²) in [5, 5.41) is 2.79. The molecule has 1 aliphatic heterocycles. The van der Waals surface area contributed by atoms with Crippen LogP contribution in [0.15, 0.2) is 65.7 Å². The lowest BCUT2D eigenvalue weighted by Gasteiger charge is -2.27. The number of hydrogen-bond acceptors (Lipinski definition) is 7. The monoisotopic (exact) mass is 588 g/mol. The van der Waals surface area contributed by atoms with Crippen LogP contribution in [0.1, 0.15) is 35.5 Å². The predicted octanol–water partition coefficient (Wildman–Crippen LogP) is 5.39. The number of hydrogen-bond donors (Lipinski definition) is 1. The molecule has 0 unspecified atom stereocenters. The molecule has 13 heteroatoms. The highest BCUT2D eigenvalue weighted by molar-refractivity contribution is 8.00. The molecular weight excluding hydrogens is 561 g/mol. The number of benzene rings is 2. The normalized spacial score (nSPS) is 14.8. The van der Waals surface area contributed by atoms with Crippen molar-refractivity contribution in [2.75, 3.05) is 19.1 Å². The van der Waals surface area contributed by atoms with Gasteiger partial charge in [0.2, 0.25) is 0 Å². The molecule has 0 aliphatic carbocycles. The lowest BCUT2D eigenvalue weighted by molar-refractivity contribution is -0.123. The molecule has 1 aliphatic rings. The Balaban J connectivity index is 1.47. The zero-order valence-corrected chi connectivity index (χ0v) is 23.4. The molecule has 41 heavy (non-hydrogen) atoms. The minimum absolute atomic E-state index is 0.00540. The number of amides is 4. The molecule has 3 aromatic rings. The first-order chi connectivity index (χ1) is 19.3. The molecule has 0 saturated carbocycles. The number of nitrogens with one attached hydrogen (secondary N) is 1. The molecule has 2 aromatic carbocycles. The molecule has 2 heterocycles. The highest BCUT2D eigenvalue weighted by Gasteiger charge is 2.51. The van der Waals surface area contributed by atoms with Crippen molar-refractivity contribution < 1.29 is 37.0 Å². The Bertz CT molecular complexity index is 1460. The van der Waals surface area contributed by atoms with Crippen molar-refractivity contribution in [3.63, 3.8) is 0 Å². The second kappa shape index (κ2) is 11.7. The molecule has 0 radical (unpaired) electrons. The van der Waals surface area contributed by atoms with Gasteiger partial charge >= 0.3 is 11.5 Å². The van der Waals surface area contributed by atoms with Gasteiger partial charge in [-0.15, -0.1) is 0 Å². The van der Waals surface area contributed by atoms with Gasteiger partial charge in [0, 0.05) is 24.2 Å². The van der Waals surface area contributed by atoms with E-state index in [-0.39, 0.29) is 41.1 Å². The van der Waals surface area contributed by atoms with Crippen LogP contribution in [0.25, 0.3) is 0 Å². The van der Waals surface area contributed by atoms with E-state index in [4.69, 9.17) is 9.47 Å². The average Bonchev–Trinajstić information content (AvgIpc) is 3.10. The number of imide groups is 1. The maximum Gasteiger partial charge on any atom is 0.446 e. The van der Waals surface area contributed by atoms with Crippen molar-refractivity contribution in [2.24, 2.45) is 0 Å². The highest BCUT2D eigenvalue weighted by Crippen LogP contribution is 2.39. The number of nitrogens with zero attached hydrogens (tertiary/aromatic N) is 3. The van der Waals surface area contributed by atoms with E-state index < -0.39 is 28.9 Å². The van der Waals surface area contributed by atoms with Gasteiger partial charge < -0.3 is 19.7 Å². The third kappa shape index (κ3) is 6.56. The molecule has 1 fully saturated rings.